The summed E-state index contributed by atoms with van der Waals surface area (Å²) in [5.41, 5.74) is 2.39. The number of benzene rings is 1. The van der Waals surface area contributed by atoms with Crippen LogP contribution >= 0.6 is 0 Å². The molecule has 3 rings (SSSR count). The van der Waals surface area contributed by atoms with Crippen LogP contribution in [0.2, 0.25) is 0 Å². The van der Waals surface area contributed by atoms with Crippen LogP contribution in [-0.4, -0.2) is 16.1 Å². The second kappa shape index (κ2) is 5.74. The van der Waals surface area contributed by atoms with E-state index < -0.39 is 0 Å². The van der Waals surface area contributed by atoms with Gasteiger partial charge in [-0.25, -0.2) is 4.98 Å². The summed E-state index contributed by atoms with van der Waals surface area (Å²) in [5, 5.41) is 3.58. The first-order valence-electron chi connectivity index (χ1n) is 7.53. The topological polar surface area (TPSA) is 29.9 Å². The van der Waals surface area contributed by atoms with Crippen LogP contribution in [0.15, 0.2) is 24.3 Å². The number of rotatable bonds is 6. The number of aromatic nitrogens is 2. The summed E-state index contributed by atoms with van der Waals surface area (Å²) in [6.45, 7) is 5.32. The van der Waals surface area contributed by atoms with E-state index in [2.05, 4.69) is 41.1 Å². The standard InChI is InChI=1S/C16H23N3/c1-2-10-19-15-9-4-3-8-14(15)18-16(19)12-17-11-13-6-5-7-13/h3-4,8-9,13,17H,2,5-7,10-12H2,1H3. The van der Waals surface area contributed by atoms with Crippen molar-refractivity contribution in [3.63, 3.8) is 0 Å². The van der Waals surface area contributed by atoms with Crippen LogP contribution in [0.5, 0.6) is 0 Å². The molecule has 0 radical (unpaired) electrons. The lowest BCUT2D eigenvalue weighted by atomic mass is 9.85. The highest BCUT2D eigenvalue weighted by Crippen LogP contribution is 2.25. The third-order valence-electron chi connectivity index (χ3n) is 4.12. The summed E-state index contributed by atoms with van der Waals surface area (Å²) < 4.78 is 2.36. The van der Waals surface area contributed by atoms with E-state index in [0.29, 0.717) is 0 Å². The SMILES string of the molecule is CCCn1c(CNCC2CCC2)nc2ccccc21. The quantitative estimate of drug-likeness (QED) is 0.860. The maximum absolute atomic E-state index is 4.77. The molecule has 0 saturated heterocycles. The van der Waals surface area contributed by atoms with Crippen LogP contribution in [0.3, 0.4) is 0 Å². The second-order valence-electron chi connectivity index (χ2n) is 5.60. The molecule has 0 aliphatic heterocycles. The summed E-state index contributed by atoms with van der Waals surface area (Å²) in [4.78, 5) is 4.77. The molecule has 1 N–H and O–H groups in total. The lowest BCUT2D eigenvalue weighted by Crippen LogP contribution is -2.28. The Morgan fingerprint density at radius 1 is 1.32 bits per heavy atom. The molecule has 0 bridgehead atoms. The highest BCUT2D eigenvalue weighted by molar-refractivity contribution is 5.75. The molecule has 2 aromatic rings. The van der Waals surface area contributed by atoms with Gasteiger partial charge in [-0.3, -0.25) is 0 Å². The average Bonchev–Trinajstić information content (AvgIpc) is 2.72. The molecular weight excluding hydrogens is 234 g/mol. The van der Waals surface area contributed by atoms with Gasteiger partial charge in [-0.15, -0.1) is 0 Å². The van der Waals surface area contributed by atoms with Gasteiger partial charge in [0.1, 0.15) is 5.82 Å². The number of aryl methyl sites for hydroxylation is 1. The van der Waals surface area contributed by atoms with Gasteiger partial charge >= 0.3 is 0 Å². The molecule has 3 heteroatoms. The third kappa shape index (κ3) is 2.66. The molecule has 0 atom stereocenters. The Balaban J connectivity index is 1.74. The summed E-state index contributed by atoms with van der Waals surface area (Å²) in [6, 6.07) is 8.45. The molecule has 1 heterocycles. The number of nitrogens with one attached hydrogen (secondary N) is 1. The van der Waals surface area contributed by atoms with E-state index in [-0.39, 0.29) is 0 Å². The van der Waals surface area contributed by atoms with Crippen molar-refractivity contribution < 1.29 is 0 Å². The van der Waals surface area contributed by atoms with E-state index in [1.807, 2.05) is 0 Å². The zero-order valence-corrected chi connectivity index (χ0v) is 11.7. The Morgan fingerprint density at radius 3 is 2.89 bits per heavy atom. The summed E-state index contributed by atoms with van der Waals surface area (Å²) in [6.07, 6.45) is 5.37. The first-order chi connectivity index (χ1) is 9.38. The fourth-order valence-corrected chi connectivity index (χ4v) is 2.82. The highest BCUT2D eigenvalue weighted by atomic mass is 15.1. The fraction of sp³-hybridized carbons (Fsp3) is 0.562. The minimum absolute atomic E-state index is 0.894. The van der Waals surface area contributed by atoms with E-state index in [1.54, 1.807) is 0 Å². The Morgan fingerprint density at radius 2 is 2.16 bits per heavy atom. The van der Waals surface area contributed by atoms with Gasteiger partial charge in [0, 0.05) is 6.54 Å². The molecule has 1 aliphatic carbocycles. The molecule has 1 aliphatic rings. The molecule has 19 heavy (non-hydrogen) atoms. The van der Waals surface area contributed by atoms with Gasteiger partial charge in [0.15, 0.2) is 0 Å². The van der Waals surface area contributed by atoms with E-state index in [4.69, 9.17) is 4.98 Å². The van der Waals surface area contributed by atoms with Gasteiger partial charge < -0.3 is 9.88 Å². The lowest BCUT2D eigenvalue weighted by Gasteiger charge is -2.25. The van der Waals surface area contributed by atoms with Gasteiger partial charge in [0.25, 0.3) is 0 Å². The second-order valence-corrected chi connectivity index (χ2v) is 5.60. The smallest absolute Gasteiger partial charge is 0.123 e. The molecular formula is C16H23N3. The fourth-order valence-electron chi connectivity index (χ4n) is 2.82. The first kappa shape index (κ1) is 12.7. The van der Waals surface area contributed by atoms with E-state index >= 15 is 0 Å². The van der Waals surface area contributed by atoms with Crippen LogP contribution < -0.4 is 5.32 Å². The highest BCUT2D eigenvalue weighted by Gasteiger charge is 2.17. The molecule has 1 saturated carbocycles. The van der Waals surface area contributed by atoms with Gasteiger partial charge in [-0.2, -0.15) is 0 Å². The number of imidazole rings is 1. The van der Waals surface area contributed by atoms with Crippen molar-refractivity contribution in [3.8, 4) is 0 Å². The molecule has 3 nitrogen and oxygen atoms in total. The Labute approximate surface area is 115 Å². The Kier molecular flexibility index (Phi) is 3.83. The molecule has 1 fully saturated rings. The number of hydrogen-bond donors (Lipinski definition) is 1. The normalized spacial score (nSPS) is 15.8. The Bertz CT molecular complexity index is 540. The summed E-state index contributed by atoms with van der Waals surface area (Å²) in [7, 11) is 0. The van der Waals surface area contributed by atoms with Crippen molar-refractivity contribution in [1.29, 1.82) is 0 Å². The van der Waals surface area contributed by atoms with Crippen LogP contribution in [0.1, 0.15) is 38.4 Å². The number of fused-ring (bicyclic) bond motifs is 1. The maximum Gasteiger partial charge on any atom is 0.123 e. The van der Waals surface area contributed by atoms with Gasteiger partial charge in [0.05, 0.1) is 17.6 Å². The van der Waals surface area contributed by atoms with E-state index in [9.17, 15) is 0 Å². The van der Waals surface area contributed by atoms with Crippen molar-refractivity contribution in [1.82, 2.24) is 14.9 Å². The minimum Gasteiger partial charge on any atom is -0.327 e. The molecule has 102 valence electrons. The van der Waals surface area contributed by atoms with Gasteiger partial charge in [0.2, 0.25) is 0 Å². The zero-order valence-electron chi connectivity index (χ0n) is 11.7. The van der Waals surface area contributed by atoms with Crippen LogP contribution in [-0.2, 0) is 13.1 Å². The molecule has 0 spiro atoms. The summed E-state index contributed by atoms with van der Waals surface area (Å²) >= 11 is 0. The van der Waals surface area contributed by atoms with Gasteiger partial charge in [-0.05, 0) is 43.9 Å². The van der Waals surface area contributed by atoms with Crippen LogP contribution in [0.25, 0.3) is 11.0 Å². The lowest BCUT2D eigenvalue weighted by molar-refractivity contribution is 0.300. The Hall–Kier alpha value is -1.35. The van der Waals surface area contributed by atoms with Crippen LogP contribution in [0.4, 0.5) is 0 Å². The van der Waals surface area contributed by atoms with Crippen molar-refractivity contribution in [3.05, 3.63) is 30.1 Å². The first-order valence-corrected chi connectivity index (χ1v) is 7.53. The molecule has 1 aromatic heterocycles. The molecule has 0 unspecified atom stereocenters. The number of hydrogen-bond acceptors (Lipinski definition) is 2. The largest absolute Gasteiger partial charge is 0.327 e. The van der Waals surface area contributed by atoms with Crippen molar-refractivity contribution >= 4 is 11.0 Å². The summed E-state index contributed by atoms with van der Waals surface area (Å²) in [5.74, 6) is 2.09. The monoisotopic (exact) mass is 257 g/mol. The predicted molar refractivity (Wildman–Crippen MR) is 79.1 cm³/mol. The third-order valence-corrected chi connectivity index (χ3v) is 4.12. The van der Waals surface area contributed by atoms with Crippen molar-refractivity contribution in [2.24, 2.45) is 5.92 Å². The minimum atomic E-state index is 0.894. The number of para-hydroxylation sites is 2. The molecule has 1 aromatic carbocycles. The average molecular weight is 257 g/mol. The van der Waals surface area contributed by atoms with Crippen molar-refractivity contribution in [2.45, 2.75) is 45.7 Å². The zero-order chi connectivity index (χ0) is 13.1. The van der Waals surface area contributed by atoms with Crippen molar-refractivity contribution in [2.75, 3.05) is 6.54 Å². The predicted octanol–water partition coefficient (Wildman–Crippen LogP) is 3.34. The number of nitrogens with zero attached hydrogens (tertiary/aromatic N) is 2. The van der Waals surface area contributed by atoms with Gasteiger partial charge in [-0.1, -0.05) is 25.5 Å². The molecule has 0 amide bonds. The maximum atomic E-state index is 4.77. The van der Waals surface area contributed by atoms with Crippen LogP contribution in [0, 0.1) is 5.92 Å². The van der Waals surface area contributed by atoms with E-state index in [1.165, 1.54) is 30.6 Å². The van der Waals surface area contributed by atoms with E-state index in [0.717, 1.165) is 37.5 Å².